The molecule has 0 radical (unpaired) electrons. The molecule has 1 aromatic rings. The lowest BCUT2D eigenvalue weighted by molar-refractivity contribution is 0.580. The second-order valence-corrected chi connectivity index (χ2v) is 3.66. The molecule has 0 saturated heterocycles. The van der Waals surface area contributed by atoms with Gasteiger partial charge in [-0.1, -0.05) is 19.9 Å². The van der Waals surface area contributed by atoms with Gasteiger partial charge in [-0.2, -0.15) is 0 Å². The molecule has 0 aliphatic heterocycles. The highest BCUT2D eigenvalue weighted by Crippen LogP contribution is 1.92. The van der Waals surface area contributed by atoms with Crippen molar-refractivity contribution in [1.29, 1.82) is 0 Å². The first-order valence-electron chi connectivity index (χ1n) is 5.07. The molecule has 0 aliphatic carbocycles. The fourth-order valence-corrected chi connectivity index (χ4v) is 1.28. The summed E-state index contributed by atoms with van der Waals surface area (Å²) in [5.41, 5.74) is 0.950. The summed E-state index contributed by atoms with van der Waals surface area (Å²) in [6.45, 7) is 7.50. The van der Waals surface area contributed by atoms with Gasteiger partial charge in [-0.25, -0.2) is 0 Å². The van der Waals surface area contributed by atoms with Gasteiger partial charge in [0.25, 0.3) is 5.56 Å². The molecule has 0 fully saturated rings. The van der Waals surface area contributed by atoms with Crippen LogP contribution in [0.4, 0.5) is 0 Å². The van der Waals surface area contributed by atoms with E-state index in [1.807, 2.05) is 25.3 Å². The minimum Gasteiger partial charge on any atom is -0.316 e. The first-order valence-corrected chi connectivity index (χ1v) is 5.07. The van der Waals surface area contributed by atoms with Crippen molar-refractivity contribution in [3.8, 4) is 0 Å². The molecule has 1 aromatic heterocycles. The molecule has 0 unspecified atom stereocenters. The Labute approximate surface area is 84.8 Å². The van der Waals surface area contributed by atoms with E-state index in [0.29, 0.717) is 12.6 Å². The van der Waals surface area contributed by atoms with Crippen LogP contribution in [0.3, 0.4) is 0 Å². The topological polar surface area (TPSA) is 34.0 Å². The minimum atomic E-state index is 0.114. The van der Waals surface area contributed by atoms with Crippen LogP contribution in [-0.2, 0) is 13.1 Å². The summed E-state index contributed by atoms with van der Waals surface area (Å²) < 4.78 is 1.72. The van der Waals surface area contributed by atoms with Crippen molar-refractivity contribution >= 4 is 0 Å². The molecule has 0 bridgehead atoms. The highest BCUT2D eigenvalue weighted by molar-refractivity contribution is 5.10. The van der Waals surface area contributed by atoms with Gasteiger partial charge in [0.15, 0.2) is 0 Å². The largest absolute Gasteiger partial charge is 0.316 e. The van der Waals surface area contributed by atoms with Gasteiger partial charge in [0.05, 0.1) is 0 Å². The maximum absolute atomic E-state index is 11.7. The number of nitrogens with one attached hydrogen (secondary N) is 1. The van der Waals surface area contributed by atoms with Gasteiger partial charge in [0, 0.05) is 30.9 Å². The Morgan fingerprint density at radius 2 is 2.21 bits per heavy atom. The van der Waals surface area contributed by atoms with Crippen molar-refractivity contribution in [2.24, 2.45) is 0 Å². The van der Waals surface area contributed by atoms with Gasteiger partial charge in [0.1, 0.15) is 0 Å². The molecule has 78 valence electrons. The zero-order chi connectivity index (χ0) is 10.6. The fraction of sp³-hybridized carbons (Fsp3) is 0.545. The summed E-state index contributed by atoms with van der Waals surface area (Å²) >= 11 is 0. The van der Waals surface area contributed by atoms with Crippen LogP contribution in [0.25, 0.3) is 0 Å². The van der Waals surface area contributed by atoms with E-state index in [2.05, 4.69) is 19.2 Å². The van der Waals surface area contributed by atoms with Crippen LogP contribution < -0.4 is 10.9 Å². The van der Waals surface area contributed by atoms with E-state index in [9.17, 15) is 4.79 Å². The minimum absolute atomic E-state index is 0.114. The van der Waals surface area contributed by atoms with Gasteiger partial charge in [-0.15, -0.1) is 0 Å². The molecular formula is C11H18N2O. The molecule has 0 saturated carbocycles. The van der Waals surface area contributed by atoms with Crippen LogP contribution in [-0.4, -0.2) is 10.6 Å². The third-order valence-corrected chi connectivity index (χ3v) is 2.14. The summed E-state index contributed by atoms with van der Waals surface area (Å²) in [5.74, 6) is 0. The Morgan fingerprint density at radius 1 is 1.50 bits per heavy atom. The first kappa shape index (κ1) is 11.0. The fourth-order valence-electron chi connectivity index (χ4n) is 1.28. The normalized spacial score (nSPS) is 10.9. The van der Waals surface area contributed by atoms with Crippen molar-refractivity contribution in [1.82, 2.24) is 9.88 Å². The zero-order valence-corrected chi connectivity index (χ0v) is 9.08. The number of aryl methyl sites for hydroxylation is 1. The summed E-state index contributed by atoms with van der Waals surface area (Å²) in [6, 6.07) is 4.20. The number of aromatic nitrogens is 1. The van der Waals surface area contributed by atoms with Gasteiger partial charge >= 0.3 is 0 Å². The SMILES string of the molecule is CCn1cccc(CNC(C)C)c1=O. The molecule has 1 heterocycles. The maximum Gasteiger partial charge on any atom is 0.255 e. The Bertz CT molecular complexity index is 341. The van der Waals surface area contributed by atoms with E-state index in [1.165, 1.54) is 0 Å². The van der Waals surface area contributed by atoms with E-state index in [-0.39, 0.29) is 5.56 Å². The van der Waals surface area contributed by atoms with E-state index in [0.717, 1.165) is 12.1 Å². The Hall–Kier alpha value is -1.09. The van der Waals surface area contributed by atoms with Crippen molar-refractivity contribution in [2.45, 2.75) is 39.9 Å². The lowest BCUT2D eigenvalue weighted by Crippen LogP contribution is -2.29. The van der Waals surface area contributed by atoms with Crippen LogP contribution in [0.1, 0.15) is 26.3 Å². The van der Waals surface area contributed by atoms with E-state index in [4.69, 9.17) is 0 Å². The monoisotopic (exact) mass is 194 g/mol. The Balaban J connectivity index is 2.82. The first-order chi connectivity index (χ1) is 6.65. The quantitative estimate of drug-likeness (QED) is 0.785. The van der Waals surface area contributed by atoms with E-state index in [1.54, 1.807) is 4.57 Å². The molecular weight excluding hydrogens is 176 g/mol. The highest BCUT2D eigenvalue weighted by Gasteiger charge is 2.01. The lowest BCUT2D eigenvalue weighted by Gasteiger charge is -2.09. The second-order valence-electron chi connectivity index (χ2n) is 3.66. The number of rotatable bonds is 4. The Kier molecular flexibility index (Phi) is 3.89. The molecule has 3 heteroatoms. The van der Waals surface area contributed by atoms with Crippen molar-refractivity contribution in [3.05, 3.63) is 34.2 Å². The molecule has 1 rings (SSSR count). The van der Waals surface area contributed by atoms with Crippen LogP contribution in [0, 0.1) is 0 Å². The molecule has 0 aliphatic rings. The van der Waals surface area contributed by atoms with Gasteiger partial charge in [0.2, 0.25) is 0 Å². The second kappa shape index (κ2) is 4.96. The van der Waals surface area contributed by atoms with Crippen LogP contribution in [0.5, 0.6) is 0 Å². The number of pyridine rings is 1. The van der Waals surface area contributed by atoms with E-state index >= 15 is 0 Å². The standard InChI is InChI=1S/C11H18N2O/c1-4-13-7-5-6-10(11(13)14)8-12-9(2)3/h5-7,9,12H,4,8H2,1-3H3. The summed E-state index contributed by atoms with van der Waals surface area (Å²) in [5, 5.41) is 3.24. The van der Waals surface area contributed by atoms with Crippen molar-refractivity contribution in [3.63, 3.8) is 0 Å². The Morgan fingerprint density at radius 3 is 2.79 bits per heavy atom. The predicted molar refractivity (Wildman–Crippen MR) is 58.4 cm³/mol. The van der Waals surface area contributed by atoms with Gasteiger partial charge in [-0.05, 0) is 13.0 Å². The maximum atomic E-state index is 11.7. The van der Waals surface area contributed by atoms with Crippen molar-refractivity contribution in [2.75, 3.05) is 0 Å². The molecule has 0 atom stereocenters. The summed E-state index contributed by atoms with van der Waals surface area (Å²) in [6.07, 6.45) is 1.82. The third kappa shape index (κ3) is 2.70. The molecule has 1 N–H and O–H groups in total. The predicted octanol–water partition coefficient (Wildman–Crippen LogP) is 1.37. The van der Waals surface area contributed by atoms with Crippen LogP contribution in [0.2, 0.25) is 0 Å². The van der Waals surface area contributed by atoms with Crippen molar-refractivity contribution < 1.29 is 0 Å². The smallest absolute Gasteiger partial charge is 0.255 e. The van der Waals surface area contributed by atoms with Gasteiger partial charge in [-0.3, -0.25) is 4.79 Å². The van der Waals surface area contributed by atoms with Crippen LogP contribution in [0.15, 0.2) is 23.1 Å². The molecule has 0 amide bonds. The van der Waals surface area contributed by atoms with E-state index < -0.39 is 0 Å². The average molecular weight is 194 g/mol. The van der Waals surface area contributed by atoms with Gasteiger partial charge < -0.3 is 9.88 Å². The lowest BCUT2D eigenvalue weighted by atomic mass is 10.2. The number of hydrogen-bond donors (Lipinski definition) is 1. The molecule has 14 heavy (non-hydrogen) atoms. The highest BCUT2D eigenvalue weighted by atomic mass is 16.1. The third-order valence-electron chi connectivity index (χ3n) is 2.14. The molecule has 0 aromatic carbocycles. The number of hydrogen-bond acceptors (Lipinski definition) is 2. The average Bonchev–Trinajstić information content (AvgIpc) is 2.16. The summed E-state index contributed by atoms with van der Waals surface area (Å²) in [7, 11) is 0. The number of nitrogens with zero attached hydrogens (tertiary/aromatic N) is 1. The molecule has 0 spiro atoms. The zero-order valence-electron chi connectivity index (χ0n) is 9.08. The molecule has 3 nitrogen and oxygen atoms in total. The van der Waals surface area contributed by atoms with Crippen LogP contribution >= 0.6 is 0 Å². The summed E-state index contributed by atoms with van der Waals surface area (Å²) in [4.78, 5) is 11.7.